The van der Waals surface area contributed by atoms with Crippen molar-refractivity contribution in [2.75, 3.05) is 13.1 Å². The van der Waals surface area contributed by atoms with Crippen LogP contribution in [-0.4, -0.2) is 84.2 Å². The molecule has 0 aromatic heterocycles. The Bertz CT molecular complexity index is 1080. The van der Waals surface area contributed by atoms with Crippen LogP contribution in [0.3, 0.4) is 0 Å². The number of carbonyl (C=O) groups is 6. The lowest BCUT2D eigenvalue weighted by molar-refractivity contribution is -0.142. The minimum Gasteiger partial charge on any atom is -0.355 e. The molecule has 2 aliphatic carbocycles. The number of nitrogens with zero attached hydrogens (tertiary/aromatic N) is 1. The highest BCUT2D eigenvalue weighted by Gasteiger charge is 2.42. The molecule has 11 nitrogen and oxygen atoms in total. The van der Waals surface area contributed by atoms with Crippen molar-refractivity contribution in [2.45, 2.75) is 128 Å². The van der Waals surface area contributed by atoms with Crippen molar-refractivity contribution >= 4 is 35.8 Å². The number of urea groups is 1. The first kappa shape index (κ1) is 39.7. The number of likely N-dealkylation sites (tertiary alicyclic amines) is 1. The van der Waals surface area contributed by atoms with Crippen LogP contribution in [0, 0.1) is 17.8 Å². The molecule has 266 valence electrons. The lowest BCUT2D eigenvalue weighted by atomic mass is 9.83. The average molecular weight is 672 g/mol. The van der Waals surface area contributed by atoms with Crippen molar-refractivity contribution in [3.63, 3.8) is 0 Å². The molecule has 3 fully saturated rings. The summed E-state index contributed by atoms with van der Waals surface area (Å²) >= 11 is 0. The molecular formula is C33H52F3N5O6. The number of carbonyl (C=O) groups excluding carboxylic acids is 6. The Kier molecular flexibility index (Phi) is 16.4. The van der Waals surface area contributed by atoms with E-state index < -0.39 is 60.4 Å². The van der Waals surface area contributed by atoms with Gasteiger partial charge >= 0.3 is 12.2 Å². The normalized spacial score (nSPS) is 20.1. The van der Waals surface area contributed by atoms with Crippen LogP contribution < -0.4 is 21.3 Å². The van der Waals surface area contributed by atoms with Gasteiger partial charge in [-0.05, 0) is 70.1 Å². The van der Waals surface area contributed by atoms with E-state index in [0.717, 1.165) is 44.9 Å². The lowest BCUT2D eigenvalue weighted by Crippen LogP contribution is -2.59. The summed E-state index contributed by atoms with van der Waals surface area (Å²) in [4.78, 5) is 75.9. The predicted octanol–water partition coefficient (Wildman–Crippen LogP) is 3.95. The number of hydrogen-bond donors (Lipinski definition) is 4. The number of halogens is 3. The topological polar surface area (TPSA) is 154 Å². The average Bonchev–Trinajstić information content (AvgIpc) is 3.76. The van der Waals surface area contributed by atoms with E-state index in [0.29, 0.717) is 25.8 Å². The van der Waals surface area contributed by atoms with E-state index in [2.05, 4.69) is 27.8 Å². The van der Waals surface area contributed by atoms with Crippen LogP contribution >= 0.6 is 0 Å². The highest BCUT2D eigenvalue weighted by atomic mass is 19.4. The number of alkyl halides is 3. The molecule has 4 atom stereocenters. The van der Waals surface area contributed by atoms with E-state index >= 15 is 0 Å². The highest BCUT2D eigenvalue weighted by Crippen LogP contribution is 2.33. The second-order valence-corrected chi connectivity index (χ2v) is 13.1. The molecule has 3 aliphatic rings. The van der Waals surface area contributed by atoms with Gasteiger partial charge in [0.2, 0.25) is 18.2 Å². The van der Waals surface area contributed by atoms with Crippen LogP contribution in [0.4, 0.5) is 18.0 Å². The van der Waals surface area contributed by atoms with Crippen molar-refractivity contribution in [3.05, 3.63) is 12.7 Å². The molecule has 4 N–H and O–H groups in total. The summed E-state index contributed by atoms with van der Waals surface area (Å²) in [6.07, 6.45) is 3.26. The standard InChI is InChI=1S/C29H45F3N4O5.C4H7NO/c1-17(2)23(25(38)20-13-14-20)34-28(41)35-24(19-9-5-4-6-10-19)27(40)36-16-8-12-22(36)26(39)33-21(18(3)37)11-7-15-29(30,31)32;1-2-3-5-4-6/h17,19-24H,4-16H2,1-3H3,(H,33,39)(H2,34,35,41);2,4H,1,3H2,(H,5,6). The molecule has 0 aromatic carbocycles. The van der Waals surface area contributed by atoms with Gasteiger partial charge in [-0.15, -0.1) is 6.58 Å². The minimum absolute atomic E-state index is 0.00206. The molecule has 14 heteroatoms. The van der Waals surface area contributed by atoms with Crippen LogP contribution in [0.15, 0.2) is 12.7 Å². The third kappa shape index (κ3) is 13.7. The third-order valence-electron chi connectivity index (χ3n) is 8.86. The Labute approximate surface area is 275 Å². The van der Waals surface area contributed by atoms with Gasteiger partial charge in [-0.2, -0.15) is 13.2 Å². The summed E-state index contributed by atoms with van der Waals surface area (Å²) in [5, 5.41) is 10.6. The number of ketones is 2. The van der Waals surface area contributed by atoms with Crippen LogP contribution in [0.1, 0.15) is 97.8 Å². The molecule has 0 spiro atoms. The zero-order valence-electron chi connectivity index (χ0n) is 27.8. The zero-order chi connectivity index (χ0) is 35.1. The van der Waals surface area contributed by atoms with Gasteiger partial charge in [-0.3, -0.25) is 24.0 Å². The molecule has 1 saturated heterocycles. The van der Waals surface area contributed by atoms with E-state index in [9.17, 15) is 41.9 Å². The van der Waals surface area contributed by atoms with Gasteiger partial charge in [0.1, 0.15) is 12.1 Å². The van der Waals surface area contributed by atoms with Crippen molar-refractivity contribution < 1.29 is 41.9 Å². The Hall–Kier alpha value is -3.45. The quantitative estimate of drug-likeness (QED) is 0.111. The Morgan fingerprint density at radius 3 is 2.11 bits per heavy atom. The lowest BCUT2D eigenvalue weighted by Gasteiger charge is -2.35. The molecule has 3 rings (SSSR count). The number of Topliss-reactive ketones (excluding diaryl/α,β-unsaturated/α-hetero) is 2. The molecule has 1 heterocycles. The van der Waals surface area contributed by atoms with Gasteiger partial charge in [0, 0.05) is 25.4 Å². The van der Waals surface area contributed by atoms with E-state index in [-0.39, 0.29) is 42.9 Å². The van der Waals surface area contributed by atoms with E-state index in [1.165, 1.54) is 11.8 Å². The fraction of sp³-hybridized carbons (Fsp3) is 0.758. The third-order valence-corrected chi connectivity index (χ3v) is 8.86. The number of nitrogens with one attached hydrogen (secondary N) is 4. The molecule has 0 radical (unpaired) electrons. The largest absolute Gasteiger partial charge is 0.389 e. The number of rotatable bonds is 16. The van der Waals surface area contributed by atoms with E-state index in [1.807, 2.05) is 13.8 Å². The second-order valence-electron chi connectivity index (χ2n) is 13.1. The maximum Gasteiger partial charge on any atom is 0.389 e. The van der Waals surface area contributed by atoms with Gasteiger partial charge in [0.25, 0.3) is 0 Å². The molecule has 0 aromatic rings. The summed E-state index contributed by atoms with van der Waals surface area (Å²) in [5.74, 6) is -1.70. The van der Waals surface area contributed by atoms with Gasteiger partial charge in [0.05, 0.1) is 12.1 Å². The molecular weight excluding hydrogens is 619 g/mol. The first-order valence-electron chi connectivity index (χ1n) is 16.8. The fourth-order valence-electron chi connectivity index (χ4n) is 6.13. The van der Waals surface area contributed by atoms with Gasteiger partial charge < -0.3 is 26.2 Å². The minimum atomic E-state index is -4.35. The van der Waals surface area contributed by atoms with Crippen LogP contribution in [0.5, 0.6) is 0 Å². The van der Waals surface area contributed by atoms with Gasteiger partial charge in [-0.25, -0.2) is 4.79 Å². The Morgan fingerprint density at radius 2 is 1.60 bits per heavy atom. The van der Waals surface area contributed by atoms with Crippen molar-refractivity contribution in [1.29, 1.82) is 0 Å². The first-order chi connectivity index (χ1) is 22.2. The number of hydrogen-bond acceptors (Lipinski definition) is 6. The maximum absolute atomic E-state index is 13.9. The fourth-order valence-corrected chi connectivity index (χ4v) is 6.13. The Balaban J connectivity index is 0.00000117. The van der Waals surface area contributed by atoms with Crippen LogP contribution in [0.2, 0.25) is 0 Å². The van der Waals surface area contributed by atoms with Gasteiger partial charge in [0.15, 0.2) is 11.6 Å². The second kappa shape index (κ2) is 19.4. The monoisotopic (exact) mass is 671 g/mol. The molecule has 5 amide bonds. The van der Waals surface area contributed by atoms with E-state index in [4.69, 9.17) is 0 Å². The number of amides is 5. The van der Waals surface area contributed by atoms with Crippen LogP contribution in [0.25, 0.3) is 0 Å². The predicted molar refractivity (Wildman–Crippen MR) is 170 cm³/mol. The van der Waals surface area contributed by atoms with Crippen molar-refractivity contribution in [3.8, 4) is 0 Å². The zero-order valence-corrected chi connectivity index (χ0v) is 27.8. The smallest absolute Gasteiger partial charge is 0.355 e. The Morgan fingerprint density at radius 1 is 0.936 bits per heavy atom. The van der Waals surface area contributed by atoms with Crippen molar-refractivity contribution in [1.82, 2.24) is 26.2 Å². The summed E-state index contributed by atoms with van der Waals surface area (Å²) in [6, 6.07) is -4.10. The summed E-state index contributed by atoms with van der Waals surface area (Å²) in [7, 11) is 0. The molecule has 1 aliphatic heterocycles. The molecule has 2 saturated carbocycles. The summed E-state index contributed by atoms with van der Waals surface area (Å²) in [6.45, 7) is 9.16. The molecule has 47 heavy (non-hydrogen) atoms. The summed E-state index contributed by atoms with van der Waals surface area (Å²) < 4.78 is 37.8. The summed E-state index contributed by atoms with van der Waals surface area (Å²) in [5.41, 5.74) is 0. The molecule has 4 unspecified atom stereocenters. The van der Waals surface area contributed by atoms with E-state index in [1.54, 1.807) is 6.08 Å². The van der Waals surface area contributed by atoms with Crippen LogP contribution in [-0.2, 0) is 24.0 Å². The maximum atomic E-state index is 13.9. The highest BCUT2D eigenvalue weighted by molar-refractivity contribution is 5.96. The molecule has 0 bridgehead atoms. The van der Waals surface area contributed by atoms with Crippen molar-refractivity contribution in [2.24, 2.45) is 17.8 Å². The first-order valence-corrected chi connectivity index (χ1v) is 16.8. The SMILES string of the molecule is C=CCNC=O.CC(=O)C(CCCC(F)(F)F)NC(=O)C1CCCN1C(=O)C(NC(=O)NC(C(=O)C1CC1)C(C)C)C1CCCCC1. The van der Waals surface area contributed by atoms with Gasteiger partial charge in [-0.1, -0.05) is 39.2 Å².